The molecule has 166 valence electrons. The number of hydrogen-bond acceptors (Lipinski definition) is 6. The van der Waals surface area contributed by atoms with Crippen molar-refractivity contribution in [1.82, 2.24) is 24.7 Å². The van der Waals surface area contributed by atoms with Gasteiger partial charge in [0.05, 0.1) is 23.8 Å². The van der Waals surface area contributed by atoms with Crippen LogP contribution in [-0.2, 0) is 0 Å². The smallest absolute Gasteiger partial charge is 0.275 e. The van der Waals surface area contributed by atoms with Gasteiger partial charge in [-0.3, -0.25) is 4.79 Å². The molecule has 1 aliphatic heterocycles. The first-order chi connectivity index (χ1) is 15.5. The fourth-order valence-electron chi connectivity index (χ4n) is 4.90. The minimum absolute atomic E-state index is 0.195. The Balaban J connectivity index is 1.12. The number of fused-ring (bicyclic) bond motifs is 1. The number of anilines is 2. The molecule has 0 bridgehead atoms. The van der Waals surface area contributed by atoms with E-state index in [1.807, 2.05) is 0 Å². The van der Waals surface area contributed by atoms with Crippen molar-refractivity contribution in [2.75, 3.05) is 23.3 Å². The topological polar surface area (TPSA) is 87.5 Å². The van der Waals surface area contributed by atoms with Gasteiger partial charge in [-0.05, 0) is 44.9 Å². The Bertz CT molecular complexity index is 1180. The van der Waals surface area contributed by atoms with E-state index < -0.39 is 11.7 Å². The summed E-state index contributed by atoms with van der Waals surface area (Å²) in [6.45, 7) is 3.73. The number of rotatable bonds is 6. The van der Waals surface area contributed by atoms with Crippen LogP contribution in [0.5, 0.6) is 0 Å². The van der Waals surface area contributed by atoms with Crippen LogP contribution in [0.3, 0.4) is 0 Å². The summed E-state index contributed by atoms with van der Waals surface area (Å²) in [7, 11) is 0. The van der Waals surface area contributed by atoms with Crippen LogP contribution < -0.4 is 15.5 Å². The summed E-state index contributed by atoms with van der Waals surface area (Å²) in [5, 5.41) is 6.57. The van der Waals surface area contributed by atoms with Crippen molar-refractivity contribution in [1.29, 1.82) is 0 Å². The lowest BCUT2D eigenvalue weighted by molar-refractivity contribution is 0.102. The fourth-order valence-corrected chi connectivity index (χ4v) is 4.90. The number of carbonyl (C=O) groups is 1. The third-order valence-electron chi connectivity index (χ3n) is 6.91. The van der Waals surface area contributed by atoms with E-state index in [0.29, 0.717) is 22.8 Å². The molecule has 3 aliphatic rings. The molecule has 2 aliphatic carbocycles. The van der Waals surface area contributed by atoms with Crippen molar-refractivity contribution in [3.05, 3.63) is 48.1 Å². The van der Waals surface area contributed by atoms with Gasteiger partial charge in [-0.2, -0.15) is 0 Å². The van der Waals surface area contributed by atoms with Crippen molar-refractivity contribution in [2.24, 2.45) is 5.92 Å². The molecule has 8 nitrogen and oxygen atoms in total. The van der Waals surface area contributed by atoms with Gasteiger partial charge in [0.1, 0.15) is 11.5 Å². The quantitative estimate of drug-likeness (QED) is 0.619. The molecule has 1 saturated heterocycles. The third-order valence-corrected chi connectivity index (χ3v) is 6.91. The molecule has 4 heterocycles. The summed E-state index contributed by atoms with van der Waals surface area (Å²) in [6.07, 6.45) is 12.8. The normalized spacial score (nSPS) is 21.8. The maximum atomic E-state index is 14.3. The molecule has 32 heavy (non-hydrogen) atoms. The van der Waals surface area contributed by atoms with E-state index >= 15 is 0 Å². The van der Waals surface area contributed by atoms with Crippen molar-refractivity contribution >= 4 is 23.1 Å². The van der Waals surface area contributed by atoms with Crippen LogP contribution in [0.4, 0.5) is 15.9 Å². The molecule has 1 amide bonds. The molecular weight excluding hydrogens is 409 g/mol. The van der Waals surface area contributed by atoms with Gasteiger partial charge in [-0.1, -0.05) is 0 Å². The maximum Gasteiger partial charge on any atom is 0.275 e. The number of pyridine rings is 1. The Kier molecular flexibility index (Phi) is 4.43. The Morgan fingerprint density at radius 1 is 1.19 bits per heavy atom. The molecule has 9 heteroatoms. The van der Waals surface area contributed by atoms with Crippen molar-refractivity contribution < 1.29 is 9.18 Å². The Morgan fingerprint density at radius 2 is 2.03 bits per heavy atom. The molecular formula is C23H26FN7O. The van der Waals surface area contributed by atoms with Gasteiger partial charge in [0.15, 0.2) is 11.5 Å². The number of hydrogen-bond donors (Lipinski definition) is 2. The van der Waals surface area contributed by atoms with Gasteiger partial charge in [0, 0.05) is 43.1 Å². The molecule has 6 rings (SSSR count). The second-order valence-corrected chi connectivity index (χ2v) is 9.41. The number of nitrogens with zero attached hydrogens (tertiary/aromatic N) is 5. The van der Waals surface area contributed by atoms with Gasteiger partial charge < -0.3 is 19.9 Å². The van der Waals surface area contributed by atoms with Crippen LogP contribution in [0, 0.1) is 18.7 Å². The van der Waals surface area contributed by atoms with E-state index in [1.165, 1.54) is 37.9 Å². The molecule has 2 N–H and O–H groups in total. The lowest BCUT2D eigenvalue weighted by atomic mass is 9.96. The average molecular weight is 436 g/mol. The minimum atomic E-state index is -0.495. The first-order valence-electron chi connectivity index (χ1n) is 11.3. The van der Waals surface area contributed by atoms with E-state index in [9.17, 15) is 9.18 Å². The Hall–Kier alpha value is -3.07. The monoisotopic (exact) mass is 435 g/mol. The average Bonchev–Trinajstić information content (AvgIpc) is 3.67. The summed E-state index contributed by atoms with van der Waals surface area (Å²) in [6, 6.07) is 1.99. The maximum absolute atomic E-state index is 14.3. The largest absolute Gasteiger partial charge is 0.355 e. The number of carbonyl (C=O) groups excluding carboxylic acids is 1. The lowest BCUT2D eigenvalue weighted by Crippen LogP contribution is -2.41. The van der Waals surface area contributed by atoms with E-state index in [2.05, 4.69) is 30.5 Å². The van der Waals surface area contributed by atoms with E-state index in [1.54, 1.807) is 29.9 Å². The summed E-state index contributed by atoms with van der Waals surface area (Å²) < 4.78 is 15.8. The van der Waals surface area contributed by atoms with Crippen LogP contribution in [0.15, 0.2) is 30.9 Å². The molecule has 0 spiro atoms. The highest BCUT2D eigenvalue weighted by atomic mass is 19.1. The lowest BCUT2D eigenvalue weighted by Gasteiger charge is -2.25. The molecule has 0 aromatic carbocycles. The molecule has 3 aromatic heterocycles. The zero-order valence-electron chi connectivity index (χ0n) is 18.0. The standard InChI is InChI=1S/C23H26FN7O/c1-14-11-31-13-17(8-18(24)21(31)27-14)28-22(32)19-9-26-20(10-25-19)30-7-4-15(12-30)23(5-6-23)29-16-2-3-16/h8-11,13,15-16,29H,2-7,12H2,1H3,(H,28,32). The SMILES string of the molecule is Cc1cn2cc(NC(=O)c3cnc(N4CCC(C5(NC6CC6)CC5)C4)cn3)cc(F)c2n1. The van der Waals surface area contributed by atoms with Crippen molar-refractivity contribution in [3.8, 4) is 0 Å². The second kappa shape index (κ2) is 7.23. The first kappa shape index (κ1) is 19.6. The highest BCUT2D eigenvalue weighted by Crippen LogP contribution is 2.48. The Labute approximate surface area is 185 Å². The zero-order chi connectivity index (χ0) is 21.9. The first-order valence-corrected chi connectivity index (χ1v) is 11.3. The van der Waals surface area contributed by atoms with E-state index in [4.69, 9.17) is 0 Å². The number of nitrogens with one attached hydrogen (secondary N) is 2. The predicted molar refractivity (Wildman–Crippen MR) is 118 cm³/mol. The number of aromatic nitrogens is 4. The van der Waals surface area contributed by atoms with Crippen molar-refractivity contribution in [2.45, 2.75) is 50.6 Å². The van der Waals surface area contributed by atoms with Gasteiger partial charge in [-0.15, -0.1) is 0 Å². The molecule has 1 unspecified atom stereocenters. The number of amides is 1. The molecule has 1 atom stereocenters. The van der Waals surface area contributed by atoms with Crippen LogP contribution in [-0.4, -0.2) is 49.9 Å². The summed E-state index contributed by atoms with van der Waals surface area (Å²) >= 11 is 0. The highest BCUT2D eigenvalue weighted by molar-refractivity contribution is 6.02. The number of imidazole rings is 1. The molecule has 3 fully saturated rings. The fraction of sp³-hybridized carbons (Fsp3) is 0.478. The number of halogens is 1. The van der Waals surface area contributed by atoms with Gasteiger partial charge in [0.2, 0.25) is 0 Å². The second-order valence-electron chi connectivity index (χ2n) is 9.41. The molecule has 0 radical (unpaired) electrons. The third kappa shape index (κ3) is 3.60. The van der Waals surface area contributed by atoms with Gasteiger partial charge in [-0.25, -0.2) is 19.3 Å². The van der Waals surface area contributed by atoms with Gasteiger partial charge >= 0.3 is 0 Å². The van der Waals surface area contributed by atoms with Crippen LogP contribution >= 0.6 is 0 Å². The predicted octanol–water partition coefficient (Wildman–Crippen LogP) is 2.94. The summed E-state index contributed by atoms with van der Waals surface area (Å²) in [5.41, 5.74) is 1.81. The van der Waals surface area contributed by atoms with Gasteiger partial charge in [0.25, 0.3) is 5.91 Å². The van der Waals surface area contributed by atoms with E-state index in [-0.39, 0.29) is 11.3 Å². The molecule has 3 aromatic rings. The highest BCUT2D eigenvalue weighted by Gasteiger charge is 2.53. The van der Waals surface area contributed by atoms with Crippen molar-refractivity contribution in [3.63, 3.8) is 0 Å². The van der Waals surface area contributed by atoms with E-state index in [0.717, 1.165) is 31.4 Å². The van der Waals surface area contributed by atoms with Crippen LogP contribution in [0.1, 0.15) is 48.3 Å². The minimum Gasteiger partial charge on any atom is -0.355 e. The zero-order valence-corrected chi connectivity index (χ0v) is 18.0. The summed E-state index contributed by atoms with van der Waals surface area (Å²) in [4.78, 5) is 27.8. The van der Waals surface area contributed by atoms with Crippen LogP contribution in [0.2, 0.25) is 0 Å². The van der Waals surface area contributed by atoms with Crippen LogP contribution in [0.25, 0.3) is 5.65 Å². The summed E-state index contributed by atoms with van der Waals surface area (Å²) in [5.74, 6) is 0.521. The molecule has 2 saturated carbocycles. The Morgan fingerprint density at radius 3 is 2.75 bits per heavy atom. The number of aryl methyl sites for hydroxylation is 1.